The molecule has 0 aromatic heterocycles. The number of nitriles is 1. The lowest BCUT2D eigenvalue weighted by Gasteiger charge is -2.25. The van der Waals surface area contributed by atoms with Crippen molar-refractivity contribution in [1.29, 1.82) is 5.26 Å². The van der Waals surface area contributed by atoms with Gasteiger partial charge in [0, 0.05) is 25.8 Å². The summed E-state index contributed by atoms with van der Waals surface area (Å²) in [5, 5.41) is 12.0. The number of hydrogen-bond acceptors (Lipinski definition) is 5. The molecule has 23 heavy (non-hydrogen) atoms. The molecular formula is C17H19N3O3. The number of nitrogens with one attached hydrogen (secondary N) is 1. The van der Waals surface area contributed by atoms with Crippen molar-refractivity contribution in [2.75, 3.05) is 19.9 Å². The molecule has 2 aliphatic heterocycles. The summed E-state index contributed by atoms with van der Waals surface area (Å²) < 4.78 is 10.6. The van der Waals surface area contributed by atoms with E-state index in [4.69, 9.17) is 9.47 Å². The van der Waals surface area contributed by atoms with Crippen molar-refractivity contribution in [1.82, 2.24) is 10.2 Å². The number of hydrogen-bond donors (Lipinski definition) is 1. The molecule has 0 saturated carbocycles. The Morgan fingerprint density at radius 1 is 1.26 bits per heavy atom. The van der Waals surface area contributed by atoms with Crippen molar-refractivity contribution in [2.45, 2.75) is 25.8 Å². The van der Waals surface area contributed by atoms with Gasteiger partial charge in [-0.2, -0.15) is 5.26 Å². The molecule has 1 aromatic rings. The first-order chi connectivity index (χ1) is 11.3. The van der Waals surface area contributed by atoms with Gasteiger partial charge in [0.15, 0.2) is 11.5 Å². The molecule has 3 rings (SSSR count). The molecular weight excluding hydrogens is 294 g/mol. The van der Waals surface area contributed by atoms with Gasteiger partial charge in [0.05, 0.1) is 0 Å². The molecule has 0 spiro atoms. The molecule has 1 amide bonds. The van der Waals surface area contributed by atoms with E-state index in [2.05, 4.69) is 5.32 Å². The Hall–Kier alpha value is -2.68. The van der Waals surface area contributed by atoms with Crippen LogP contribution >= 0.6 is 0 Å². The SMILES string of the molecule is N#C/C(=C/N1CCCCC1)C(=O)NCc1ccc2c(c1)OCO2. The van der Waals surface area contributed by atoms with Crippen LogP contribution in [0, 0.1) is 11.3 Å². The first kappa shape index (κ1) is 15.2. The van der Waals surface area contributed by atoms with Crippen LogP contribution in [0.4, 0.5) is 0 Å². The van der Waals surface area contributed by atoms with Crippen LogP contribution in [-0.4, -0.2) is 30.7 Å². The number of amides is 1. The molecule has 0 unspecified atom stereocenters. The van der Waals surface area contributed by atoms with Gasteiger partial charge < -0.3 is 19.7 Å². The van der Waals surface area contributed by atoms with Crippen LogP contribution in [0.1, 0.15) is 24.8 Å². The van der Waals surface area contributed by atoms with Gasteiger partial charge in [0.25, 0.3) is 5.91 Å². The van der Waals surface area contributed by atoms with Crippen molar-refractivity contribution < 1.29 is 14.3 Å². The minimum Gasteiger partial charge on any atom is -0.454 e. The molecule has 0 aliphatic carbocycles. The highest BCUT2D eigenvalue weighted by molar-refractivity contribution is 5.97. The van der Waals surface area contributed by atoms with Gasteiger partial charge in [-0.1, -0.05) is 6.07 Å². The van der Waals surface area contributed by atoms with Gasteiger partial charge in [0.2, 0.25) is 6.79 Å². The lowest BCUT2D eigenvalue weighted by molar-refractivity contribution is -0.117. The second-order valence-corrected chi connectivity index (χ2v) is 5.62. The van der Waals surface area contributed by atoms with E-state index in [0.29, 0.717) is 18.0 Å². The Bertz CT molecular complexity index is 658. The van der Waals surface area contributed by atoms with Crippen LogP contribution in [-0.2, 0) is 11.3 Å². The van der Waals surface area contributed by atoms with Gasteiger partial charge in [-0.15, -0.1) is 0 Å². The Labute approximate surface area is 135 Å². The number of nitrogens with zero attached hydrogens (tertiary/aromatic N) is 2. The van der Waals surface area contributed by atoms with Crippen LogP contribution in [0.15, 0.2) is 30.0 Å². The van der Waals surface area contributed by atoms with Crippen LogP contribution < -0.4 is 14.8 Å². The van der Waals surface area contributed by atoms with E-state index in [1.807, 2.05) is 29.2 Å². The number of fused-ring (bicyclic) bond motifs is 1. The van der Waals surface area contributed by atoms with E-state index in [1.54, 1.807) is 6.20 Å². The maximum atomic E-state index is 12.2. The number of benzene rings is 1. The zero-order chi connectivity index (χ0) is 16.1. The molecule has 6 nitrogen and oxygen atoms in total. The van der Waals surface area contributed by atoms with Crippen molar-refractivity contribution in [3.05, 3.63) is 35.5 Å². The fraction of sp³-hybridized carbons (Fsp3) is 0.412. The summed E-state index contributed by atoms with van der Waals surface area (Å²) in [6, 6.07) is 7.51. The van der Waals surface area contributed by atoms with Gasteiger partial charge in [0.1, 0.15) is 11.6 Å². The standard InChI is InChI=1S/C17H19N3O3/c18-9-14(11-20-6-2-1-3-7-20)17(21)19-10-13-4-5-15-16(8-13)23-12-22-15/h4-5,8,11H,1-3,6-7,10,12H2,(H,19,21)/b14-11-. The summed E-state index contributed by atoms with van der Waals surface area (Å²) in [4.78, 5) is 14.2. The van der Waals surface area contributed by atoms with Gasteiger partial charge in [-0.05, 0) is 37.0 Å². The summed E-state index contributed by atoms with van der Waals surface area (Å²) in [5.41, 5.74) is 1.05. The molecule has 120 valence electrons. The zero-order valence-corrected chi connectivity index (χ0v) is 12.9. The average Bonchev–Trinajstić information content (AvgIpc) is 3.06. The largest absolute Gasteiger partial charge is 0.454 e. The number of piperidine rings is 1. The summed E-state index contributed by atoms with van der Waals surface area (Å²) in [7, 11) is 0. The second-order valence-electron chi connectivity index (χ2n) is 5.62. The molecule has 2 aliphatic rings. The van der Waals surface area contributed by atoms with E-state index in [1.165, 1.54) is 6.42 Å². The van der Waals surface area contributed by atoms with Crippen LogP contribution in [0.25, 0.3) is 0 Å². The molecule has 0 atom stereocenters. The summed E-state index contributed by atoms with van der Waals surface area (Å²) >= 11 is 0. The highest BCUT2D eigenvalue weighted by Crippen LogP contribution is 2.32. The lowest BCUT2D eigenvalue weighted by Crippen LogP contribution is -2.29. The quantitative estimate of drug-likeness (QED) is 0.679. The summed E-state index contributed by atoms with van der Waals surface area (Å²) in [5.74, 6) is 1.04. The number of rotatable bonds is 4. The Morgan fingerprint density at radius 2 is 2.04 bits per heavy atom. The third kappa shape index (κ3) is 3.75. The Balaban J connectivity index is 1.59. The fourth-order valence-corrected chi connectivity index (χ4v) is 2.70. The van der Waals surface area contributed by atoms with Gasteiger partial charge in [-0.3, -0.25) is 4.79 Å². The number of carbonyl (C=O) groups excluding carboxylic acids is 1. The normalized spacial score (nSPS) is 16.8. The highest BCUT2D eigenvalue weighted by atomic mass is 16.7. The van der Waals surface area contributed by atoms with E-state index in [-0.39, 0.29) is 18.3 Å². The smallest absolute Gasteiger partial charge is 0.263 e. The number of likely N-dealkylation sites (tertiary alicyclic amines) is 1. The van der Waals surface area contributed by atoms with Crippen molar-refractivity contribution >= 4 is 5.91 Å². The van der Waals surface area contributed by atoms with Crippen LogP contribution in [0.3, 0.4) is 0 Å². The van der Waals surface area contributed by atoms with Crippen LogP contribution in [0.5, 0.6) is 11.5 Å². The summed E-state index contributed by atoms with van der Waals surface area (Å²) in [6.45, 7) is 2.37. The predicted molar refractivity (Wildman–Crippen MR) is 83.5 cm³/mol. The lowest BCUT2D eigenvalue weighted by atomic mass is 10.1. The molecule has 6 heteroatoms. The molecule has 1 aromatic carbocycles. The molecule has 1 fully saturated rings. The minimum absolute atomic E-state index is 0.146. The molecule has 1 saturated heterocycles. The van der Waals surface area contributed by atoms with Crippen LogP contribution in [0.2, 0.25) is 0 Å². The number of ether oxygens (including phenoxy) is 2. The first-order valence-corrected chi connectivity index (χ1v) is 7.79. The van der Waals surface area contributed by atoms with Crippen molar-refractivity contribution in [2.24, 2.45) is 0 Å². The van der Waals surface area contributed by atoms with Gasteiger partial charge >= 0.3 is 0 Å². The maximum Gasteiger partial charge on any atom is 0.263 e. The zero-order valence-electron chi connectivity index (χ0n) is 12.9. The van der Waals surface area contributed by atoms with E-state index in [0.717, 1.165) is 31.5 Å². The first-order valence-electron chi connectivity index (χ1n) is 7.79. The highest BCUT2D eigenvalue weighted by Gasteiger charge is 2.15. The second kappa shape index (κ2) is 7.05. The average molecular weight is 313 g/mol. The third-order valence-electron chi connectivity index (χ3n) is 3.96. The molecule has 0 radical (unpaired) electrons. The minimum atomic E-state index is -0.351. The molecule has 2 heterocycles. The monoisotopic (exact) mass is 313 g/mol. The van der Waals surface area contributed by atoms with Crippen molar-refractivity contribution in [3.63, 3.8) is 0 Å². The van der Waals surface area contributed by atoms with E-state index in [9.17, 15) is 10.1 Å². The number of carbonyl (C=O) groups is 1. The molecule has 0 bridgehead atoms. The van der Waals surface area contributed by atoms with E-state index >= 15 is 0 Å². The van der Waals surface area contributed by atoms with E-state index < -0.39 is 0 Å². The third-order valence-corrected chi connectivity index (χ3v) is 3.96. The maximum absolute atomic E-state index is 12.2. The topological polar surface area (TPSA) is 74.6 Å². The Morgan fingerprint density at radius 3 is 2.83 bits per heavy atom. The molecule has 1 N–H and O–H groups in total. The summed E-state index contributed by atoms with van der Waals surface area (Å²) in [6.07, 6.45) is 5.10. The fourth-order valence-electron chi connectivity index (χ4n) is 2.70. The Kier molecular flexibility index (Phi) is 4.67. The van der Waals surface area contributed by atoms with Gasteiger partial charge in [-0.25, -0.2) is 0 Å². The predicted octanol–water partition coefficient (Wildman–Crippen LogP) is 1.92. The van der Waals surface area contributed by atoms with Crippen molar-refractivity contribution in [3.8, 4) is 17.6 Å².